The molecule has 3 aromatic rings. The van der Waals surface area contributed by atoms with Gasteiger partial charge in [-0.2, -0.15) is 0 Å². The molecule has 1 N–H and O–H groups in total. The van der Waals surface area contributed by atoms with Gasteiger partial charge in [0.2, 0.25) is 0 Å². The average Bonchev–Trinajstić information content (AvgIpc) is 2.63. The van der Waals surface area contributed by atoms with Gasteiger partial charge in [0.05, 0.1) is 23.8 Å². The topological polar surface area (TPSA) is 64.3 Å². The number of aliphatic hydroxyl groups excluding tert-OH is 1. The smallest absolute Gasteiger partial charge is 0.261 e. The van der Waals surface area contributed by atoms with Crippen molar-refractivity contribution in [2.24, 2.45) is 0 Å². The third-order valence-electron chi connectivity index (χ3n) is 3.97. The van der Waals surface area contributed by atoms with Gasteiger partial charge in [-0.05, 0) is 42.3 Å². The Balaban J connectivity index is 1.68. The molecule has 6 heteroatoms. The van der Waals surface area contributed by atoms with Crippen molar-refractivity contribution < 1.29 is 9.84 Å². The fourth-order valence-corrected chi connectivity index (χ4v) is 2.92. The third-order valence-corrected chi connectivity index (χ3v) is 4.46. The van der Waals surface area contributed by atoms with Crippen LogP contribution in [0.2, 0.25) is 0 Å². The molecule has 1 atom stereocenters. The Hall–Kier alpha value is -2.18. The molecule has 0 aliphatic carbocycles. The molecular formula is C19H19BrN2O3. The van der Waals surface area contributed by atoms with Gasteiger partial charge in [0.1, 0.15) is 18.5 Å². The summed E-state index contributed by atoms with van der Waals surface area (Å²) >= 11 is 3.36. The first-order valence-corrected chi connectivity index (χ1v) is 8.90. The summed E-state index contributed by atoms with van der Waals surface area (Å²) in [6.07, 6.45) is 1.62. The van der Waals surface area contributed by atoms with E-state index < -0.39 is 6.10 Å². The van der Waals surface area contributed by atoms with E-state index in [1.54, 1.807) is 12.1 Å². The number of aliphatic hydroxyl groups is 1. The lowest BCUT2D eigenvalue weighted by atomic mass is 10.2. The van der Waals surface area contributed by atoms with Gasteiger partial charge in [-0.15, -0.1) is 0 Å². The molecule has 2 aromatic carbocycles. The van der Waals surface area contributed by atoms with Crippen molar-refractivity contribution in [1.29, 1.82) is 0 Å². The Morgan fingerprint density at radius 1 is 1.24 bits per heavy atom. The van der Waals surface area contributed by atoms with Crippen LogP contribution in [0.3, 0.4) is 0 Å². The number of aryl methyl sites for hydroxylation is 1. The molecular weight excluding hydrogens is 384 g/mol. The Kier molecular flexibility index (Phi) is 5.50. The minimum atomic E-state index is -0.810. The number of aromatic nitrogens is 2. The summed E-state index contributed by atoms with van der Waals surface area (Å²) in [6, 6.07) is 13.1. The van der Waals surface area contributed by atoms with E-state index in [-0.39, 0.29) is 18.7 Å². The molecule has 1 unspecified atom stereocenters. The summed E-state index contributed by atoms with van der Waals surface area (Å²) < 4.78 is 7.81. The zero-order chi connectivity index (χ0) is 17.8. The van der Waals surface area contributed by atoms with Crippen LogP contribution in [0.25, 0.3) is 10.9 Å². The molecule has 25 heavy (non-hydrogen) atoms. The predicted molar refractivity (Wildman–Crippen MR) is 101 cm³/mol. The number of rotatable bonds is 6. The summed E-state index contributed by atoms with van der Waals surface area (Å²) in [7, 11) is 0. The monoisotopic (exact) mass is 402 g/mol. The van der Waals surface area contributed by atoms with Crippen molar-refractivity contribution >= 4 is 26.8 Å². The van der Waals surface area contributed by atoms with Crippen molar-refractivity contribution in [2.45, 2.75) is 26.0 Å². The lowest BCUT2D eigenvalue weighted by molar-refractivity contribution is 0.0915. The van der Waals surface area contributed by atoms with Crippen molar-refractivity contribution in [2.75, 3.05) is 6.61 Å². The maximum absolute atomic E-state index is 12.5. The molecule has 3 rings (SSSR count). The van der Waals surface area contributed by atoms with Crippen molar-refractivity contribution in [3.05, 3.63) is 69.2 Å². The van der Waals surface area contributed by atoms with Crippen molar-refractivity contribution in [1.82, 2.24) is 9.55 Å². The molecule has 0 fully saturated rings. The molecule has 1 aromatic heterocycles. The summed E-state index contributed by atoms with van der Waals surface area (Å²) in [5.74, 6) is 0.698. The Labute approximate surface area is 154 Å². The largest absolute Gasteiger partial charge is 0.491 e. The SMILES string of the molecule is CCc1ccc(OCC(O)Cn2cnc3ccc(Br)cc3c2=O)cc1. The van der Waals surface area contributed by atoms with Crippen LogP contribution in [0.4, 0.5) is 0 Å². The number of fused-ring (bicyclic) bond motifs is 1. The van der Waals surface area contributed by atoms with Crippen LogP contribution in [0.5, 0.6) is 5.75 Å². The predicted octanol–water partition coefficient (Wildman–Crippen LogP) is 3.16. The van der Waals surface area contributed by atoms with Crippen LogP contribution in [-0.4, -0.2) is 27.4 Å². The van der Waals surface area contributed by atoms with Crippen LogP contribution in [-0.2, 0) is 13.0 Å². The second kappa shape index (κ2) is 7.80. The van der Waals surface area contributed by atoms with E-state index in [1.807, 2.05) is 30.3 Å². The highest BCUT2D eigenvalue weighted by Crippen LogP contribution is 2.15. The zero-order valence-electron chi connectivity index (χ0n) is 13.9. The van der Waals surface area contributed by atoms with Gasteiger partial charge < -0.3 is 9.84 Å². The van der Waals surface area contributed by atoms with E-state index in [9.17, 15) is 9.90 Å². The average molecular weight is 403 g/mol. The first-order chi connectivity index (χ1) is 12.1. The molecule has 5 nitrogen and oxygen atoms in total. The molecule has 0 spiro atoms. The van der Waals surface area contributed by atoms with Gasteiger partial charge in [0, 0.05) is 4.47 Å². The van der Waals surface area contributed by atoms with Gasteiger partial charge in [-0.25, -0.2) is 4.98 Å². The van der Waals surface area contributed by atoms with Gasteiger partial charge in [0.25, 0.3) is 5.56 Å². The van der Waals surface area contributed by atoms with Crippen LogP contribution in [0, 0.1) is 0 Å². The minimum absolute atomic E-state index is 0.106. The van der Waals surface area contributed by atoms with E-state index in [1.165, 1.54) is 16.5 Å². The Bertz CT molecular complexity index is 922. The maximum atomic E-state index is 12.5. The standard InChI is InChI=1S/C19H19BrN2O3/c1-2-13-3-6-16(7-4-13)25-11-15(23)10-22-12-21-18-8-5-14(20)9-17(18)19(22)24/h3-9,12,15,23H,2,10-11H2,1H3. The quantitative estimate of drug-likeness (QED) is 0.687. The van der Waals surface area contributed by atoms with Crippen LogP contribution < -0.4 is 10.3 Å². The first-order valence-electron chi connectivity index (χ1n) is 8.11. The second-order valence-corrected chi connectivity index (χ2v) is 6.74. The molecule has 1 heterocycles. The summed E-state index contributed by atoms with van der Waals surface area (Å²) in [5.41, 5.74) is 1.68. The molecule has 0 amide bonds. The van der Waals surface area contributed by atoms with Gasteiger partial charge in [-0.1, -0.05) is 35.0 Å². The number of halogens is 1. The number of hydrogen-bond donors (Lipinski definition) is 1. The Morgan fingerprint density at radius 3 is 2.72 bits per heavy atom. The lowest BCUT2D eigenvalue weighted by Gasteiger charge is -2.14. The van der Waals surface area contributed by atoms with Crippen molar-refractivity contribution in [3.8, 4) is 5.75 Å². The normalized spacial score (nSPS) is 12.3. The maximum Gasteiger partial charge on any atom is 0.261 e. The summed E-state index contributed by atoms with van der Waals surface area (Å²) in [4.78, 5) is 16.8. The molecule has 0 saturated carbocycles. The van der Waals surface area contributed by atoms with Crippen LogP contribution in [0.1, 0.15) is 12.5 Å². The van der Waals surface area contributed by atoms with E-state index in [2.05, 4.69) is 27.8 Å². The highest BCUT2D eigenvalue weighted by atomic mass is 79.9. The van der Waals surface area contributed by atoms with E-state index in [0.717, 1.165) is 10.9 Å². The van der Waals surface area contributed by atoms with Gasteiger partial charge in [-0.3, -0.25) is 9.36 Å². The highest BCUT2D eigenvalue weighted by molar-refractivity contribution is 9.10. The number of ether oxygens (including phenoxy) is 1. The third kappa shape index (κ3) is 4.27. The zero-order valence-corrected chi connectivity index (χ0v) is 15.4. The summed E-state index contributed by atoms with van der Waals surface area (Å²) in [6.45, 7) is 2.32. The van der Waals surface area contributed by atoms with Crippen molar-refractivity contribution in [3.63, 3.8) is 0 Å². The van der Waals surface area contributed by atoms with E-state index in [4.69, 9.17) is 4.74 Å². The fourth-order valence-electron chi connectivity index (χ4n) is 2.55. The molecule has 0 aliphatic rings. The molecule has 0 saturated heterocycles. The Morgan fingerprint density at radius 2 is 2.00 bits per heavy atom. The number of nitrogens with zero attached hydrogens (tertiary/aromatic N) is 2. The molecule has 130 valence electrons. The first kappa shape index (κ1) is 17.6. The number of benzene rings is 2. The van der Waals surface area contributed by atoms with E-state index in [0.29, 0.717) is 16.7 Å². The van der Waals surface area contributed by atoms with Gasteiger partial charge >= 0.3 is 0 Å². The summed E-state index contributed by atoms with van der Waals surface area (Å²) in [5, 5.41) is 10.7. The molecule has 0 bridgehead atoms. The molecule has 0 radical (unpaired) electrons. The lowest BCUT2D eigenvalue weighted by Crippen LogP contribution is -2.30. The fraction of sp³-hybridized carbons (Fsp3) is 0.263. The molecule has 0 aliphatic heterocycles. The van der Waals surface area contributed by atoms with Gasteiger partial charge in [0.15, 0.2) is 0 Å². The minimum Gasteiger partial charge on any atom is -0.491 e. The van der Waals surface area contributed by atoms with E-state index >= 15 is 0 Å². The highest BCUT2D eigenvalue weighted by Gasteiger charge is 2.10. The number of hydrogen-bond acceptors (Lipinski definition) is 4. The second-order valence-electron chi connectivity index (χ2n) is 5.83. The van der Waals surface area contributed by atoms with Crippen LogP contribution in [0.15, 0.2) is 58.1 Å². The van der Waals surface area contributed by atoms with Crippen LogP contribution >= 0.6 is 15.9 Å².